The van der Waals surface area contributed by atoms with Gasteiger partial charge >= 0.3 is 0 Å². The zero-order chi connectivity index (χ0) is 8.48. The van der Waals surface area contributed by atoms with Gasteiger partial charge in [-0.25, -0.2) is 0 Å². The second kappa shape index (κ2) is 2.69. The Labute approximate surface area is 69.3 Å². The van der Waals surface area contributed by atoms with E-state index in [0.29, 0.717) is 0 Å². The summed E-state index contributed by atoms with van der Waals surface area (Å²) in [6.07, 6.45) is 7.59. The maximum absolute atomic E-state index is 3.95. The van der Waals surface area contributed by atoms with Crippen LogP contribution in [0.1, 0.15) is 27.2 Å². The molecule has 0 radical (unpaired) electrons. The Hall–Kier alpha value is -0.780. The van der Waals surface area contributed by atoms with Crippen LogP contribution in [0.2, 0.25) is 0 Å². The first-order valence-electron chi connectivity index (χ1n) is 4.06. The topological polar surface area (TPSA) is 0 Å². The summed E-state index contributed by atoms with van der Waals surface area (Å²) in [5.41, 5.74) is 2.87. The van der Waals surface area contributed by atoms with Gasteiger partial charge in [0.15, 0.2) is 0 Å². The fourth-order valence-electron chi connectivity index (χ4n) is 1.13. The van der Waals surface area contributed by atoms with Crippen molar-refractivity contribution in [3.05, 3.63) is 36.0 Å². The van der Waals surface area contributed by atoms with E-state index >= 15 is 0 Å². The van der Waals surface area contributed by atoms with Crippen molar-refractivity contribution in [3.63, 3.8) is 0 Å². The van der Waals surface area contributed by atoms with Gasteiger partial charge in [-0.15, -0.1) is 0 Å². The predicted molar refractivity (Wildman–Crippen MR) is 50.4 cm³/mol. The number of rotatable bonds is 0. The molecule has 0 aliphatic heterocycles. The van der Waals surface area contributed by atoms with E-state index in [1.807, 2.05) is 0 Å². The molecule has 0 amide bonds. The van der Waals surface area contributed by atoms with E-state index in [9.17, 15) is 0 Å². The minimum Gasteiger partial charge on any atom is -0.0955 e. The quantitative estimate of drug-likeness (QED) is 0.493. The molecule has 0 saturated heterocycles. The molecule has 0 saturated carbocycles. The molecule has 0 atom stereocenters. The lowest BCUT2D eigenvalue weighted by molar-refractivity contribution is 0.515. The first kappa shape index (κ1) is 8.32. The molecule has 0 aromatic rings. The Kier molecular flexibility index (Phi) is 2.03. The third-order valence-electron chi connectivity index (χ3n) is 1.90. The monoisotopic (exact) mass is 148 g/mol. The molecule has 0 heteroatoms. The van der Waals surface area contributed by atoms with E-state index in [1.54, 1.807) is 0 Å². The average Bonchev–Trinajstić information content (AvgIpc) is 1.86. The van der Waals surface area contributed by atoms with E-state index in [0.717, 1.165) is 6.42 Å². The lowest BCUT2D eigenvalue weighted by atomic mass is 9.83. The summed E-state index contributed by atoms with van der Waals surface area (Å²) in [6, 6.07) is 0. The molecule has 0 aromatic heterocycles. The normalized spacial score (nSPS) is 18.5. The second-order valence-electron chi connectivity index (χ2n) is 4.11. The second-order valence-corrected chi connectivity index (χ2v) is 4.11. The van der Waals surface area contributed by atoms with Crippen molar-refractivity contribution in [2.45, 2.75) is 27.2 Å². The smallest absolute Gasteiger partial charge is 0.01000 e. The largest absolute Gasteiger partial charge is 0.0955 e. The van der Waals surface area contributed by atoms with Crippen LogP contribution in [-0.2, 0) is 0 Å². The Bertz CT molecular complexity index is 221. The van der Waals surface area contributed by atoms with Gasteiger partial charge in [-0.05, 0) is 17.4 Å². The van der Waals surface area contributed by atoms with E-state index in [-0.39, 0.29) is 5.41 Å². The highest BCUT2D eigenvalue weighted by Crippen LogP contribution is 2.30. The highest BCUT2D eigenvalue weighted by molar-refractivity contribution is 5.37. The van der Waals surface area contributed by atoms with Crippen LogP contribution >= 0.6 is 0 Å². The lowest BCUT2D eigenvalue weighted by Gasteiger charge is -2.22. The first-order chi connectivity index (χ1) is 5.00. The third kappa shape index (κ3) is 2.07. The number of hydrogen-bond acceptors (Lipinski definition) is 0. The maximum atomic E-state index is 3.95. The van der Waals surface area contributed by atoms with Crippen LogP contribution < -0.4 is 0 Å². The summed E-state index contributed by atoms with van der Waals surface area (Å²) in [7, 11) is 0. The highest BCUT2D eigenvalue weighted by Gasteiger charge is 2.15. The Morgan fingerprint density at radius 2 is 2.00 bits per heavy atom. The summed E-state index contributed by atoms with van der Waals surface area (Å²) in [4.78, 5) is 0. The van der Waals surface area contributed by atoms with Gasteiger partial charge in [0.2, 0.25) is 0 Å². The summed E-state index contributed by atoms with van der Waals surface area (Å²) < 4.78 is 0. The van der Waals surface area contributed by atoms with Crippen LogP contribution in [0.25, 0.3) is 0 Å². The molecule has 0 spiro atoms. The molecule has 0 heterocycles. The van der Waals surface area contributed by atoms with E-state index in [2.05, 4.69) is 45.6 Å². The minimum atomic E-state index is 0.264. The molecule has 0 bridgehead atoms. The van der Waals surface area contributed by atoms with Crippen LogP contribution in [0.15, 0.2) is 36.0 Å². The van der Waals surface area contributed by atoms with Crippen LogP contribution in [0.5, 0.6) is 0 Å². The first-order valence-corrected chi connectivity index (χ1v) is 4.06. The average molecular weight is 148 g/mol. The highest BCUT2D eigenvalue weighted by atomic mass is 14.2. The van der Waals surface area contributed by atoms with Crippen molar-refractivity contribution < 1.29 is 0 Å². The van der Waals surface area contributed by atoms with Gasteiger partial charge in [-0.3, -0.25) is 0 Å². The molecule has 0 fully saturated rings. The predicted octanol–water partition coefficient (Wildman–Crippen LogP) is 3.48. The zero-order valence-corrected chi connectivity index (χ0v) is 7.65. The molecule has 1 rings (SSSR count). The number of hydrogen-bond donors (Lipinski definition) is 0. The molecule has 0 N–H and O–H groups in total. The van der Waals surface area contributed by atoms with Crippen molar-refractivity contribution in [2.24, 2.45) is 5.41 Å². The summed E-state index contributed by atoms with van der Waals surface area (Å²) in [5, 5.41) is 0. The molecular weight excluding hydrogens is 132 g/mol. The van der Waals surface area contributed by atoms with Crippen molar-refractivity contribution in [2.75, 3.05) is 0 Å². The van der Waals surface area contributed by atoms with Gasteiger partial charge in [0.05, 0.1) is 0 Å². The van der Waals surface area contributed by atoms with Crippen LogP contribution in [-0.4, -0.2) is 0 Å². The molecule has 11 heavy (non-hydrogen) atoms. The summed E-state index contributed by atoms with van der Waals surface area (Å²) in [6.45, 7) is 10.6. The lowest BCUT2D eigenvalue weighted by Crippen LogP contribution is -2.09. The maximum Gasteiger partial charge on any atom is -0.01000 e. The molecular formula is C11H16. The van der Waals surface area contributed by atoms with Crippen LogP contribution in [0.3, 0.4) is 0 Å². The van der Waals surface area contributed by atoms with E-state index < -0.39 is 0 Å². The Morgan fingerprint density at radius 1 is 1.36 bits per heavy atom. The molecule has 0 nitrogen and oxygen atoms in total. The van der Waals surface area contributed by atoms with Gasteiger partial charge in [-0.2, -0.15) is 0 Å². The fraction of sp³-hybridized carbons (Fsp3) is 0.455. The molecule has 1 aliphatic rings. The molecule has 1 aliphatic carbocycles. The molecule has 0 unspecified atom stereocenters. The van der Waals surface area contributed by atoms with Crippen LogP contribution in [0, 0.1) is 5.41 Å². The van der Waals surface area contributed by atoms with Gasteiger partial charge in [0, 0.05) is 0 Å². The van der Waals surface area contributed by atoms with Crippen LogP contribution in [0.4, 0.5) is 0 Å². The van der Waals surface area contributed by atoms with Crippen molar-refractivity contribution >= 4 is 0 Å². The van der Waals surface area contributed by atoms with Gasteiger partial charge in [0.1, 0.15) is 0 Å². The Morgan fingerprint density at radius 3 is 2.36 bits per heavy atom. The summed E-state index contributed by atoms with van der Waals surface area (Å²) in [5.74, 6) is 0. The fourth-order valence-corrected chi connectivity index (χ4v) is 1.13. The van der Waals surface area contributed by atoms with E-state index in [1.165, 1.54) is 11.1 Å². The standard InChI is InChI=1S/C11H16/c1-9-6-5-7-10(8-9)11(2,3)4/h5,7-8H,1,6H2,2-4H3. The Balaban J connectivity index is 2.88. The SMILES string of the molecule is C=C1C=C(C(C)(C)C)C=CC1. The van der Waals surface area contributed by atoms with E-state index in [4.69, 9.17) is 0 Å². The number of allylic oxidation sites excluding steroid dienone is 5. The minimum absolute atomic E-state index is 0.264. The third-order valence-corrected chi connectivity index (χ3v) is 1.90. The summed E-state index contributed by atoms with van der Waals surface area (Å²) >= 11 is 0. The van der Waals surface area contributed by atoms with Crippen molar-refractivity contribution in [3.8, 4) is 0 Å². The van der Waals surface area contributed by atoms with Gasteiger partial charge in [-0.1, -0.05) is 51.2 Å². The van der Waals surface area contributed by atoms with Gasteiger partial charge < -0.3 is 0 Å². The van der Waals surface area contributed by atoms with Crippen molar-refractivity contribution in [1.82, 2.24) is 0 Å². The van der Waals surface area contributed by atoms with Gasteiger partial charge in [0.25, 0.3) is 0 Å². The molecule has 0 aromatic carbocycles. The van der Waals surface area contributed by atoms with Crippen molar-refractivity contribution in [1.29, 1.82) is 0 Å². The molecule has 60 valence electrons. The zero-order valence-electron chi connectivity index (χ0n) is 7.65.